The second kappa shape index (κ2) is 36.4. The Morgan fingerprint density at radius 3 is 0.932 bits per heavy atom. The van der Waals surface area contributed by atoms with Crippen molar-refractivity contribution in [3.63, 3.8) is 0 Å². The second-order valence-electron chi connectivity index (χ2n) is 33.4. The van der Waals surface area contributed by atoms with E-state index in [0.717, 1.165) is 15.7 Å². The summed E-state index contributed by atoms with van der Waals surface area (Å²) in [5.41, 5.74) is 37.6. The summed E-state index contributed by atoms with van der Waals surface area (Å²) in [6, 6.07) is 177. The van der Waals surface area contributed by atoms with Crippen LogP contribution in [0.5, 0.6) is 0 Å². The Balaban J connectivity index is 0.000000133. The minimum atomic E-state index is -0.478. The molecule has 0 amide bonds. The molecule has 10 heteroatoms. The van der Waals surface area contributed by atoms with E-state index in [0.29, 0.717) is 0 Å². The molecule has 4 aromatic heterocycles. The number of benzene rings is 20. The third kappa shape index (κ3) is 14.2. The van der Waals surface area contributed by atoms with Crippen molar-refractivity contribution in [2.24, 2.45) is 0 Å². The van der Waals surface area contributed by atoms with Crippen LogP contribution in [-0.2, 0) is 66.5 Å². The Hall–Kier alpha value is -14.0. The molecule has 0 saturated heterocycles. The standard InChI is InChI=1S/C61H40N2.C36H24N2.C25H17Br.B2.3V/c1-5-18-41(19-6-1)43-32-35-56-50(38-43)51-39-44(42-20-7-2-8-21-42)33-36-57(51)62(56)47-34-37-58-52(40-47)48-26-14-16-30-55(48)63(58)59-31-17-29-54-60(59)49-27-13-15-28-53(49)61(54,45-22-9-3-10-23-45)46-24-11-4-12-25-46;1-3-9-24(10-4-1)26-15-19-35-31(21-26)32-22-27(25-11-5-2-6-12-25)16-20-36(32)38(35)28-17-18-34-30(23-28)29-13-7-8-14-33(29)37-34;26-23-17-9-16-22-24(23)20-14-7-8-15-21(20)25(22,18-10-3-1-4-11-18)19-12-5-2-6-13-19;1-2;;;/h1-40H;1-23,37H;1-17H;;;;. The van der Waals surface area contributed by atoms with Crippen LogP contribution in [0.1, 0.15) is 44.5 Å². The molecule has 2 aliphatic rings. The number of rotatable bonds is 11. The van der Waals surface area contributed by atoms with Gasteiger partial charge in [0.15, 0.2) is 0 Å². The topological polar surface area (TPSA) is 30.6 Å². The number of nitrogens with one attached hydrogen (secondary N) is 1. The van der Waals surface area contributed by atoms with E-state index in [1.165, 1.54) is 204 Å². The number of aromatic amines is 1. The van der Waals surface area contributed by atoms with Gasteiger partial charge in [-0.25, -0.2) is 0 Å². The van der Waals surface area contributed by atoms with Gasteiger partial charge in [0.25, 0.3) is 0 Å². The smallest absolute Gasteiger partial charge is 0.0714 e. The van der Waals surface area contributed by atoms with Crippen LogP contribution in [0.4, 0.5) is 0 Å². The molecular formula is C122H81B2BrN4V3. The average Bonchev–Trinajstić information content (AvgIpc) is 1.53. The van der Waals surface area contributed by atoms with Crippen molar-refractivity contribution >= 4 is 119 Å². The molecule has 0 atom stereocenters. The Morgan fingerprint density at radius 2 is 0.500 bits per heavy atom. The molecule has 20 aromatic carbocycles. The van der Waals surface area contributed by atoms with Crippen LogP contribution in [0.2, 0.25) is 0 Å². The summed E-state index contributed by atoms with van der Waals surface area (Å²) in [7, 11) is 8.00. The normalized spacial score (nSPS) is 12.3. The van der Waals surface area contributed by atoms with Crippen molar-refractivity contribution < 1.29 is 55.7 Å². The molecule has 26 rings (SSSR count). The maximum atomic E-state index is 4.00. The molecule has 4 nitrogen and oxygen atoms in total. The molecule has 1 N–H and O–H groups in total. The van der Waals surface area contributed by atoms with Gasteiger partial charge in [0, 0.05) is 152 Å². The Morgan fingerprint density at radius 1 is 0.205 bits per heavy atom. The van der Waals surface area contributed by atoms with Crippen LogP contribution in [0.15, 0.2) is 490 Å². The summed E-state index contributed by atoms with van der Waals surface area (Å²) in [6.45, 7) is 0. The fourth-order valence-electron chi connectivity index (χ4n) is 21.3. The average molecular weight is 1860 g/mol. The first kappa shape index (κ1) is 86.0. The van der Waals surface area contributed by atoms with Crippen LogP contribution in [0, 0.1) is 0 Å². The van der Waals surface area contributed by atoms with E-state index in [1.807, 2.05) is 0 Å². The van der Waals surface area contributed by atoms with E-state index in [4.69, 9.17) is 0 Å². The van der Waals surface area contributed by atoms with Gasteiger partial charge in [0.1, 0.15) is 0 Å². The number of aromatic nitrogens is 4. The zero-order valence-corrected chi connectivity index (χ0v) is 77.7. The van der Waals surface area contributed by atoms with Crippen molar-refractivity contribution in [3.8, 4) is 83.8 Å². The fourth-order valence-corrected chi connectivity index (χ4v) is 21.9. The number of fused-ring (bicyclic) bond motifs is 18. The predicted molar refractivity (Wildman–Crippen MR) is 547 cm³/mol. The number of hydrogen-bond donors (Lipinski definition) is 1. The van der Waals surface area contributed by atoms with Crippen molar-refractivity contribution in [2.45, 2.75) is 10.8 Å². The Labute approximate surface area is 814 Å². The summed E-state index contributed by atoms with van der Waals surface area (Å²) in [5, 5.41) is 9.96. The van der Waals surface area contributed by atoms with Crippen molar-refractivity contribution in [1.82, 2.24) is 18.7 Å². The van der Waals surface area contributed by atoms with Gasteiger partial charge in [-0.2, -0.15) is 0 Å². The zero-order valence-electron chi connectivity index (χ0n) is 71.9. The van der Waals surface area contributed by atoms with Gasteiger partial charge in [-0.3, -0.25) is 0 Å². The van der Waals surface area contributed by atoms with E-state index < -0.39 is 5.41 Å². The molecule has 4 heterocycles. The van der Waals surface area contributed by atoms with Crippen LogP contribution in [0.3, 0.4) is 0 Å². The number of H-pyrrole nitrogens is 1. The molecule has 7 radical (unpaired) electrons. The Kier molecular flexibility index (Phi) is 23.7. The van der Waals surface area contributed by atoms with Gasteiger partial charge >= 0.3 is 0 Å². The van der Waals surface area contributed by atoms with Crippen molar-refractivity contribution in [1.29, 1.82) is 0 Å². The number of para-hydroxylation sites is 2. The molecule has 0 aliphatic heterocycles. The fraction of sp³-hybridized carbons (Fsp3) is 0.0164. The molecule has 24 aromatic rings. The molecule has 617 valence electrons. The summed E-state index contributed by atoms with van der Waals surface area (Å²) < 4.78 is 8.54. The van der Waals surface area contributed by atoms with E-state index in [1.54, 1.807) is 0 Å². The third-order valence-electron chi connectivity index (χ3n) is 26.8. The van der Waals surface area contributed by atoms with Crippen LogP contribution >= 0.6 is 15.9 Å². The first-order chi connectivity index (χ1) is 63.9. The van der Waals surface area contributed by atoms with Gasteiger partial charge in [0.05, 0.1) is 49.6 Å². The maximum absolute atomic E-state index is 4.00. The third-order valence-corrected chi connectivity index (χ3v) is 27.4. The summed E-state index contributed by atoms with van der Waals surface area (Å²) in [5.74, 6) is 0. The molecule has 132 heavy (non-hydrogen) atoms. The first-order valence-corrected chi connectivity index (χ1v) is 44.8. The van der Waals surface area contributed by atoms with E-state index >= 15 is 0 Å². The molecule has 0 unspecified atom stereocenters. The molecule has 0 spiro atoms. The zero-order chi connectivity index (χ0) is 86.1. The van der Waals surface area contributed by atoms with Crippen LogP contribution < -0.4 is 0 Å². The number of halogens is 1. The predicted octanol–water partition coefficient (Wildman–Crippen LogP) is 31.4. The van der Waals surface area contributed by atoms with Crippen molar-refractivity contribution in [2.75, 3.05) is 0 Å². The Bertz CT molecular complexity index is 8120. The van der Waals surface area contributed by atoms with E-state index in [-0.39, 0.29) is 61.1 Å². The minimum absolute atomic E-state index is 0. The molecule has 0 saturated carbocycles. The van der Waals surface area contributed by atoms with E-state index in [9.17, 15) is 0 Å². The molecular weight excluding hydrogens is 1780 g/mol. The second-order valence-corrected chi connectivity index (χ2v) is 34.3. The van der Waals surface area contributed by atoms with Gasteiger partial charge in [-0.05, 0) is 209 Å². The number of hydrogen-bond acceptors (Lipinski definition) is 0. The SMILES string of the molecule is Brc1cccc2c1-c1ccccc1C2(c1ccccc1)c1ccccc1.[B][B].[V].[V].[V].c1ccc(-c2ccc3c(c2)c2cc(-c4ccccc4)ccc2n3-c2ccc3[nH]c4ccccc4c3c2)cc1.c1ccc(-c2ccc3c(c2)c2cc(-c4ccccc4)ccc2n3-c2ccc3c(c2)c2ccccc2n3-c2cccc3c2-c2ccccc2C3(c2ccccc2)c2ccccc2)cc1. The quantitative estimate of drug-likeness (QED) is 0.125. The van der Waals surface area contributed by atoms with Gasteiger partial charge < -0.3 is 18.7 Å². The van der Waals surface area contributed by atoms with Crippen molar-refractivity contribution in [3.05, 3.63) is 534 Å². The minimum Gasteiger partial charge on any atom is -0.355 e. The van der Waals surface area contributed by atoms with Crippen LogP contribution in [0.25, 0.3) is 171 Å². The largest absolute Gasteiger partial charge is 0.355 e. The maximum Gasteiger partial charge on any atom is 0.0714 e. The number of nitrogens with zero attached hydrogens (tertiary/aromatic N) is 3. The van der Waals surface area contributed by atoms with Gasteiger partial charge in [-0.1, -0.05) is 392 Å². The molecule has 2 aliphatic carbocycles. The van der Waals surface area contributed by atoms with Gasteiger partial charge in [-0.15, -0.1) is 0 Å². The van der Waals surface area contributed by atoms with Gasteiger partial charge in [0.2, 0.25) is 0 Å². The molecule has 0 bridgehead atoms. The molecule has 0 fully saturated rings. The monoisotopic (exact) mass is 1860 g/mol. The summed E-state index contributed by atoms with van der Waals surface area (Å²) in [4.78, 5) is 3.57. The first-order valence-electron chi connectivity index (χ1n) is 44.0. The van der Waals surface area contributed by atoms with E-state index in [2.05, 4.69) is 535 Å². The summed E-state index contributed by atoms with van der Waals surface area (Å²) in [6.07, 6.45) is 0. The van der Waals surface area contributed by atoms with Crippen LogP contribution in [-0.4, -0.2) is 34.2 Å². The summed E-state index contributed by atoms with van der Waals surface area (Å²) >= 11 is 3.81.